The van der Waals surface area contributed by atoms with Gasteiger partial charge in [-0.25, -0.2) is 4.79 Å². The highest BCUT2D eigenvalue weighted by Gasteiger charge is 2.76. The molecule has 0 heterocycles. The average molecular weight is 405 g/mol. The van der Waals surface area contributed by atoms with Crippen molar-refractivity contribution in [3.63, 3.8) is 0 Å². The maximum atomic E-state index is 13.4. The van der Waals surface area contributed by atoms with Crippen molar-refractivity contribution in [2.45, 2.75) is 37.7 Å². The minimum atomic E-state index is -6.65. The summed E-state index contributed by atoms with van der Waals surface area (Å²) in [5, 5.41) is 1.24. The summed E-state index contributed by atoms with van der Waals surface area (Å²) in [6, 6.07) is 4.35. The molecule has 1 rings (SSSR count). The molecule has 1 aromatic rings. The van der Waals surface area contributed by atoms with Gasteiger partial charge in [-0.2, -0.15) is 30.7 Å². The molecule has 146 valence electrons. The van der Waals surface area contributed by atoms with Gasteiger partial charge >= 0.3 is 29.9 Å². The van der Waals surface area contributed by atoms with Crippen molar-refractivity contribution in [3.05, 3.63) is 29.8 Å². The molecule has 4 nitrogen and oxygen atoms in total. The van der Waals surface area contributed by atoms with E-state index >= 15 is 0 Å². The van der Waals surface area contributed by atoms with Gasteiger partial charge in [0.05, 0.1) is 11.3 Å². The van der Waals surface area contributed by atoms with Gasteiger partial charge in [0.2, 0.25) is 8.32 Å². The van der Waals surface area contributed by atoms with Crippen LogP contribution in [0.1, 0.15) is 10.4 Å². The van der Waals surface area contributed by atoms with Crippen LogP contribution in [-0.4, -0.2) is 38.2 Å². The molecule has 0 aromatic heterocycles. The van der Waals surface area contributed by atoms with Crippen molar-refractivity contribution in [1.29, 1.82) is 0 Å². The highest BCUT2D eigenvalue weighted by Crippen LogP contribution is 2.46. The molecule has 0 spiro atoms. The number of anilines is 1. The molecule has 0 fully saturated rings. The third kappa shape index (κ3) is 4.53. The highest BCUT2D eigenvalue weighted by atomic mass is 28.4. The van der Waals surface area contributed by atoms with Crippen molar-refractivity contribution < 1.29 is 44.7 Å². The number of amides is 1. The fourth-order valence-corrected chi connectivity index (χ4v) is 2.29. The minimum absolute atomic E-state index is 0.464. The minimum Gasteiger partial charge on any atom is -0.516 e. The summed E-state index contributed by atoms with van der Waals surface area (Å²) in [5.41, 5.74) is -1.15. The van der Waals surface area contributed by atoms with E-state index in [-0.39, 0.29) is 0 Å². The van der Waals surface area contributed by atoms with E-state index in [1.165, 1.54) is 11.4 Å². The number of nitrogens with one attached hydrogen (secondary N) is 1. The fourth-order valence-electron chi connectivity index (χ4n) is 1.62. The number of halogens is 7. The summed E-state index contributed by atoms with van der Waals surface area (Å²) in [4.78, 5) is 23.4. The zero-order valence-electron chi connectivity index (χ0n) is 13.7. The Kier molecular flexibility index (Phi) is 5.81. The van der Waals surface area contributed by atoms with E-state index in [0.717, 1.165) is 18.2 Å². The number of alkyl halides is 7. The second-order valence-corrected chi connectivity index (χ2v) is 10.6. The van der Waals surface area contributed by atoms with Gasteiger partial charge in [-0.15, -0.1) is 0 Å². The largest absolute Gasteiger partial charge is 0.516 e. The number of benzene rings is 1. The Hall–Kier alpha value is -2.11. The summed E-state index contributed by atoms with van der Waals surface area (Å²) in [5.74, 6) is -16.6. The van der Waals surface area contributed by atoms with E-state index < -0.39 is 49.5 Å². The van der Waals surface area contributed by atoms with E-state index in [1.54, 1.807) is 19.6 Å². The molecular weight excluding hydrogens is 391 g/mol. The molecule has 0 saturated carbocycles. The molecule has 26 heavy (non-hydrogen) atoms. The average Bonchev–Trinajstić information content (AvgIpc) is 2.44. The number of carbonyl (C=O) groups is 2. The zero-order valence-corrected chi connectivity index (χ0v) is 14.7. The van der Waals surface area contributed by atoms with Gasteiger partial charge in [-0.05, 0) is 31.8 Å². The van der Waals surface area contributed by atoms with Crippen LogP contribution >= 0.6 is 0 Å². The van der Waals surface area contributed by atoms with E-state index in [9.17, 15) is 40.3 Å². The number of para-hydroxylation sites is 1. The van der Waals surface area contributed by atoms with Crippen molar-refractivity contribution in [1.82, 2.24) is 0 Å². The van der Waals surface area contributed by atoms with Gasteiger partial charge in [0, 0.05) is 0 Å². The lowest BCUT2D eigenvalue weighted by atomic mass is 10.1. The maximum Gasteiger partial charge on any atom is 0.460 e. The number of hydrogen-bond donors (Lipinski definition) is 1. The molecule has 1 N–H and O–H groups in total. The van der Waals surface area contributed by atoms with Crippen molar-refractivity contribution in [2.75, 3.05) is 5.32 Å². The molecule has 0 radical (unpaired) electrons. The zero-order chi connectivity index (χ0) is 20.6. The molecule has 12 heteroatoms. The van der Waals surface area contributed by atoms with Crippen LogP contribution in [0.4, 0.5) is 36.4 Å². The summed E-state index contributed by atoms with van der Waals surface area (Å²) < 4.78 is 94.1. The van der Waals surface area contributed by atoms with Crippen LogP contribution in [0.25, 0.3) is 0 Å². The molecule has 0 saturated heterocycles. The van der Waals surface area contributed by atoms with Crippen molar-refractivity contribution in [3.8, 4) is 0 Å². The Bertz CT molecular complexity index is 699. The third-order valence-corrected chi connectivity index (χ3v) is 3.63. The molecule has 0 atom stereocenters. The van der Waals surface area contributed by atoms with E-state index in [0.29, 0.717) is 0 Å². The summed E-state index contributed by atoms with van der Waals surface area (Å²) in [6.45, 7) is 4.85. The van der Waals surface area contributed by atoms with Gasteiger partial charge in [0.1, 0.15) is 0 Å². The Morgan fingerprint density at radius 1 is 0.962 bits per heavy atom. The second-order valence-electron chi connectivity index (χ2n) is 6.15. The molecule has 1 amide bonds. The molecule has 0 bridgehead atoms. The van der Waals surface area contributed by atoms with Gasteiger partial charge in [0.25, 0.3) is 0 Å². The summed E-state index contributed by atoms with van der Waals surface area (Å²) in [7, 11) is -2.44. The number of hydrogen-bond acceptors (Lipinski definition) is 3. The van der Waals surface area contributed by atoms with Crippen LogP contribution in [-0.2, 0) is 9.22 Å². The number of rotatable bonds is 5. The summed E-state index contributed by atoms with van der Waals surface area (Å²) >= 11 is 0. The first-order valence-corrected chi connectivity index (χ1v) is 10.4. The quantitative estimate of drug-likeness (QED) is 0.582. The smallest absolute Gasteiger partial charge is 0.460 e. The fraction of sp³-hybridized carbons (Fsp3) is 0.429. The van der Waals surface area contributed by atoms with Crippen LogP contribution in [0.3, 0.4) is 0 Å². The van der Waals surface area contributed by atoms with Gasteiger partial charge < -0.3 is 9.74 Å². The lowest BCUT2D eigenvalue weighted by molar-refractivity contribution is -0.343. The van der Waals surface area contributed by atoms with Crippen molar-refractivity contribution >= 4 is 25.9 Å². The lowest BCUT2D eigenvalue weighted by Crippen LogP contribution is -2.57. The van der Waals surface area contributed by atoms with Gasteiger partial charge in [-0.1, -0.05) is 12.1 Å². The van der Waals surface area contributed by atoms with Crippen molar-refractivity contribution in [2.24, 2.45) is 0 Å². The van der Waals surface area contributed by atoms with Gasteiger partial charge in [0.15, 0.2) is 0 Å². The van der Waals surface area contributed by atoms with Crippen LogP contribution in [0.5, 0.6) is 0 Å². The molecule has 0 aliphatic rings. The first-order chi connectivity index (χ1) is 11.5. The van der Waals surface area contributed by atoms with E-state index in [4.69, 9.17) is 4.43 Å². The second kappa shape index (κ2) is 6.89. The van der Waals surface area contributed by atoms with E-state index in [1.807, 2.05) is 0 Å². The molecule has 0 aliphatic heterocycles. The van der Waals surface area contributed by atoms with E-state index in [2.05, 4.69) is 0 Å². The molecular formula is C14H14F7NO3Si. The highest BCUT2D eigenvalue weighted by molar-refractivity contribution is 6.71. The monoisotopic (exact) mass is 405 g/mol. The molecule has 1 aromatic carbocycles. The predicted molar refractivity (Wildman–Crippen MR) is 79.8 cm³/mol. The SMILES string of the molecule is C[Si](C)(C)OC(=O)c1ccccc1NC(=O)C(F)(F)C(F)(F)C(F)(F)F. The van der Waals surface area contributed by atoms with Crippen LogP contribution < -0.4 is 5.32 Å². The number of carbonyl (C=O) groups excluding carboxylic acids is 2. The van der Waals surface area contributed by atoms with Crippen LogP contribution in [0.2, 0.25) is 19.6 Å². The Morgan fingerprint density at radius 3 is 1.92 bits per heavy atom. The Labute approximate surface area is 144 Å². The first-order valence-electron chi connectivity index (χ1n) is 6.97. The standard InChI is InChI=1S/C14H14F7NO3Si/c1-26(2,3)25-10(23)8-6-4-5-7-9(8)22-11(24)12(15,16)13(17,18)14(19,20)21/h4-7H,1-3H3,(H,22,24). The third-order valence-electron chi connectivity index (χ3n) is 2.83. The Balaban J connectivity index is 3.17. The topological polar surface area (TPSA) is 55.4 Å². The predicted octanol–water partition coefficient (Wildman–Crippen LogP) is 4.45. The van der Waals surface area contributed by atoms with Crippen LogP contribution in [0.15, 0.2) is 24.3 Å². The van der Waals surface area contributed by atoms with Crippen LogP contribution in [0, 0.1) is 0 Å². The maximum absolute atomic E-state index is 13.4. The van der Waals surface area contributed by atoms with Gasteiger partial charge in [-0.3, -0.25) is 4.79 Å². The molecule has 0 aliphatic carbocycles. The normalized spacial score (nSPS) is 13.3. The summed E-state index contributed by atoms with van der Waals surface area (Å²) in [6.07, 6.45) is -6.65. The Morgan fingerprint density at radius 2 is 1.46 bits per heavy atom. The first kappa shape index (κ1) is 21.9. The lowest BCUT2D eigenvalue weighted by Gasteiger charge is -2.27. The molecule has 0 unspecified atom stereocenters.